The molecule has 0 aromatic heterocycles. The quantitative estimate of drug-likeness (QED) is 0.642. The Bertz CT molecular complexity index is 316. The molecular weight excluding hydrogens is 252 g/mol. The van der Waals surface area contributed by atoms with E-state index < -0.39 is 0 Å². The predicted octanol–water partition coefficient (Wildman–Crippen LogP) is 2.82. The summed E-state index contributed by atoms with van der Waals surface area (Å²) < 4.78 is 0. The van der Waals surface area contributed by atoms with Gasteiger partial charge in [0.1, 0.15) is 6.04 Å². The average Bonchev–Trinajstić information content (AvgIpc) is 2.90. The number of unbranched alkanes of at least 4 members (excludes halogenated alkanes) is 5. The molecule has 0 aromatic rings. The second-order valence-corrected chi connectivity index (χ2v) is 6.00. The van der Waals surface area contributed by atoms with Crippen molar-refractivity contribution in [1.82, 2.24) is 9.80 Å². The molecule has 0 radical (unpaired) electrons. The average molecular weight is 282 g/mol. The summed E-state index contributed by atoms with van der Waals surface area (Å²) in [6, 6.07) is -0.211. The van der Waals surface area contributed by atoms with Crippen LogP contribution in [-0.2, 0) is 9.59 Å². The third-order valence-electron chi connectivity index (χ3n) is 4.04. The Hall–Kier alpha value is -1.06. The Morgan fingerprint density at radius 3 is 2.40 bits per heavy atom. The second-order valence-electron chi connectivity index (χ2n) is 6.00. The summed E-state index contributed by atoms with van der Waals surface area (Å²) in [5.74, 6) is 0.233. The fourth-order valence-electron chi connectivity index (χ4n) is 2.82. The Morgan fingerprint density at radius 1 is 1.10 bits per heavy atom. The lowest BCUT2D eigenvalue weighted by Gasteiger charge is -2.26. The van der Waals surface area contributed by atoms with Crippen LogP contribution in [0.5, 0.6) is 0 Å². The van der Waals surface area contributed by atoms with Crippen LogP contribution in [0, 0.1) is 0 Å². The van der Waals surface area contributed by atoms with E-state index in [4.69, 9.17) is 0 Å². The van der Waals surface area contributed by atoms with E-state index in [-0.39, 0.29) is 17.9 Å². The number of carbonyl (C=O) groups excluding carboxylic acids is 2. The van der Waals surface area contributed by atoms with Gasteiger partial charge in [-0.2, -0.15) is 0 Å². The number of hydrogen-bond acceptors (Lipinski definition) is 2. The highest BCUT2D eigenvalue weighted by Gasteiger charge is 2.34. The van der Waals surface area contributed by atoms with Gasteiger partial charge in [0.2, 0.25) is 11.8 Å². The molecule has 4 nitrogen and oxygen atoms in total. The maximum atomic E-state index is 12.2. The van der Waals surface area contributed by atoms with Crippen molar-refractivity contribution in [3.63, 3.8) is 0 Å². The van der Waals surface area contributed by atoms with Gasteiger partial charge >= 0.3 is 0 Å². The number of carbonyl (C=O) groups is 2. The molecule has 1 saturated heterocycles. The smallest absolute Gasteiger partial charge is 0.244 e. The first kappa shape index (κ1) is 17.0. The zero-order valence-corrected chi connectivity index (χ0v) is 13.4. The van der Waals surface area contributed by atoms with E-state index in [1.165, 1.54) is 25.7 Å². The van der Waals surface area contributed by atoms with Crippen molar-refractivity contribution in [2.45, 2.75) is 70.8 Å². The van der Waals surface area contributed by atoms with Crippen molar-refractivity contribution in [1.29, 1.82) is 0 Å². The Morgan fingerprint density at radius 2 is 1.75 bits per heavy atom. The first-order chi connectivity index (χ1) is 9.57. The minimum Gasteiger partial charge on any atom is -0.347 e. The van der Waals surface area contributed by atoms with E-state index in [0.29, 0.717) is 6.42 Å². The maximum Gasteiger partial charge on any atom is 0.244 e. The normalized spacial score (nSPS) is 18.4. The molecule has 0 bridgehead atoms. The topological polar surface area (TPSA) is 40.6 Å². The molecule has 0 spiro atoms. The first-order valence-corrected chi connectivity index (χ1v) is 8.08. The molecule has 1 aliphatic rings. The zero-order valence-electron chi connectivity index (χ0n) is 13.4. The van der Waals surface area contributed by atoms with Gasteiger partial charge in [-0.1, -0.05) is 39.0 Å². The van der Waals surface area contributed by atoms with Crippen molar-refractivity contribution in [2.24, 2.45) is 0 Å². The molecule has 0 aliphatic carbocycles. The molecule has 2 amide bonds. The minimum absolute atomic E-state index is 0.0683. The number of amides is 2. The summed E-state index contributed by atoms with van der Waals surface area (Å²) in [4.78, 5) is 27.7. The molecular formula is C16H30N2O2. The summed E-state index contributed by atoms with van der Waals surface area (Å²) in [5.41, 5.74) is 0. The van der Waals surface area contributed by atoms with E-state index in [1.54, 1.807) is 23.9 Å². The van der Waals surface area contributed by atoms with Crippen molar-refractivity contribution >= 4 is 11.8 Å². The van der Waals surface area contributed by atoms with Crippen LogP contribution in [0.1, 0.15) is 64.7 Å². The van der Waals surface area contributed by atoms with Gasteiger partial charge in [-0.3, -0.25) is 9.59 Å². The monoisotopic (exact) mass is 282 g/mol. The van der Waals surface area contributed by atoms with E-state index in [2.05, 4.69) is 6.92 Å². The molecule has 20 heavy (non-hydrogen) atoms. The second kappa shape index (κ2) is 8.98. The fourth-order valence-corrected chi connectivity index (χ4v) is 2.82. The summed E-state index contributed by atoms with van der Waals surface area (Å²) >= 11 is 0. The van der Waals surface area contributed by atoms with Gasteiger partial charge in [-0.15, -0.1) is 0 Å². The van der Waals surface area contributed by atoms with Crippen molar-refractivity contribution < 1.29 is 9.59 Å². The maximum absolute atomic E-state index is 12.2. The molecule has 0 aromatic carbocycles. The van der Waals surface area contributed by atoms with Gasteiger partial charge in [0.25, 0.3) is 0 Å². The largest absolute Gasteiger partial charge is 0.347 e. The lowest BCUT2D eigenvalue weighted by atomic mass is 10.1. The Balaban J connectivity index is 2.29. The Kier molecular flexibility index (Phi) is 7.63. The standard InChI is InChI=1S/C16H30N2O2/c1-4-5-6-7-8-9-12-15(19)18-13-10-11-14(18)16(20)17(2)3/h14H,4-13H2,1-3H3. The van der Waals surface area contributed by atoms with Gasteiger partial charge in [0.05, 0.1) is 0 Å². The summed E-state index contributed by atoms with van der Waals surface area (Å²) in [6.45, 7) is 2.96. The Labute approximate surface area is 123 Å². The highest BCUT2D eigenvalue weighted by molar-refractivity contribution is 5.88. The molecule has 1 atom stereocenters. The molecule has 1 fully saturated rings. The van der Waals surface area contributed by atoms with E-state index >= 15 is 0 Å². The van der Waals surface area contributed by atoms with Crippen molar-refractivity contribution in [3.05, 3.63) is 0 Å². The van der Waals surface area contributed by atoms with E-state index in [0.717, 1.165) is 32.2 Å². The summed E-state index contributed by atoms with van der Waals surface area (Å²) in [6.07, 6.45) is 9.50. The van der Waals surface area contributed by atoms with Crippen LogP contribution < -0.4 is 0 Å². The summed E-state index contributed by atoms with van der Waals surface area (Å²) in [7, 11) is 3.52. The highest BCUT2D eigenvalue weighted by atomic mass is 16.2. The van der Waals surface area contributed by atoms with Crippen LogP contribution in [-0.4, -0.2) is 48.3 Å². The lowest BCUT2D eigenvalue weighted by Crippen LogP contribution is -2.45. The van der Waals surface area contributed by atoms with Gasteiger partial charge in [-0.25, -0.2) is 0 Å². The molecule has 1 heterocycles. The molecule has 1 aliphatic heterocycles. The third-order valence-corrected chi connectivity index (χ3v) is 4.04. The molecule has 0 saturated carbocycles. The van der Waals surface area contributed by atoms with Crippen molar-refractivity contribution in [3.8, 4) is 0 Å². The number of nitrogens with zero attached hydrogens (tertiary/aromatic N) is 2. The SMILES string of the molecule is CCCCCCCCC(=O)N1CCCC1C(=O)N(C)C. The van der Waals surface area contributed by atoms with Crippen LogP contribution in [0.25, 0.3) is 0 Å². The van der Waals surface area contributed by atoms with Gasteiger partial charge < -0.3 is 9.80 Å². The van der Waals surface area contributed by atoms with Crippen LogP contribution in [0.15, 0.2) is 0 Å². The highest BCUT2D eigenvalue weighted by Crippen LogP contribution is 2.20. The van der Waals surface area contributed by atoms with Gasteiger partial charge in [-0.05, 0) is 19.3 Å². The molecule has 1 unspecified atom stereocenters. The molecule has 1 rings (SSSR count). The summed E-state index contributed by atoms with van der Waals surface area (Å²) in [5, 5.41) is 0. The first-order valence-electron chi connectivity index (χ1n) is 8.08. The molecule has 4 heteroatoms. The van der Waals surface area contributed by atoms with E-state index in [1.807, 2.05) is 0 Å². The number of rotatable bonds is 8. The molecule has 116 valence electrons. The van der Waals surface area contributed by atoms with Crippen molar-refractivity contribution in [2.75, 3.05) is 20.6 Å². The van der Waals surface area contributed by atoms with Crippen LogP contribution in [0.2, 0.25) is 0 Å². The number of hydrogen-bond donors (Lipinski definition) is 0. The third kappa shape index (κ3) is 5.14. The van der Waals surface area contributed by atoms with Gasteiger partial charge in [0.15, 0.2) is 0 Å². The lowest BCUT2D eigenvalue weighted by molar-refractivity contribution is -0.142. The predicted molar refractivity (Wildman–Crippen MR) is 81.4 cm³/mol. The molecule has 0 N–H and O–H groups in total. The zero-order chi connectivity index (χ0) is 15.0. The van der Waals surface area contributed by atoms with E-state index in [9.17, 15) is 9.59 Å². The minimum atomic E-state index is -0.211. The number of likely N-dealkylation sites (N-methyl/N-ethyl adjacent to an activating group) is 1. The van der Waals surface area contributed by atoms with Gasteiger partial charge in [0, 0.05) is 27.1 Å². The van der Waals surface area contributed by atoms with Crippen LogP contribution >= 0.6 is 0 Å². The number of likely N-dealkylation sites (tertiary alicyclic amines) is 1. The fraction of sp³-hybridized carbons (Fsp3) is 0.875. The van der Waals surface area contributed by atoms with Crippen LogP contribution in [0.4, 0.5) is 0 Å². The van der Waals surface area contributed by atoms with Crippen LogP contribution in [0.3, 0.4) is 0 Å².